The minimum Gasteiger partial charge on any atom is -0.494 e. The Morgan fingerprint density at radius 1 is 1.24 bits per heavy atom. The second-order valence-electron chi connectivity index (χ2n) is 8.24. The number of pyridine rings is 1. The van der Waals surface area contributed by atoms with Gasteiger partial charge in [0.2, 0.25) is 0 Å². The van der Waals surface area contributed by atoms with Crippen LogP contribution in [0, 0.1) is 5.82 Å². The number of hydrogen-bond donors (Lipinski definition) is 2. The van der Waals surface area contributed by atoms with Gasteiger partial charge in [0, 0.05) is 24.7 Å². The Bertz CT molecular complexity index is 1260. The third-order valence-electron chi connectivity index (χ3n) is 5.60. The molecule has 9 heteroatoms. The first-order valence-electron chi connectivity index (χ1n) is 11.3. The van der Waals surface area contributed by atoms with Crippen molar-refractivity contribution in [2.45, 2.75) is 51.5 Å². The summed E-state index contributed by atoms with van der Waals surface area (Å²) in [6.45, 7) is 3.18. The zero-order valence-electron chi connectivity index (χ0n) is 18.5. The molecule has 33 heavy (non-hydrogen) atoms. The second-order valence-corrected chi connectivity index (χ2v) is 8.24. The van der Waals surface area contributed by atoms with Crippen LogP contribution in [0.15, 0.2) is 39.9 Å². The molecule has 0 radical (unpaired) electrons. The number of amides is 1. The number of unbranched alkanes of at least 4 members (excludes halogenated alkanes) is 1. The fourth-order valence-corrected chi connectivity index (χ4v) is 3.74. The number of nitrogens with zero attached hydrogens (tertiary/aromatic N) is 2. The number of aromatic amines is 1. The second kappa shape index (κ2) is 9.97. The summed E-state index contributed by atoms with van der Waals surface area (Å²) in [5, 5.41) is 3.01. The average molecular weight is 455 g/mol. The van der Waals surface area contributed by atoms with Gasteiger partial charge in [-0.05, 0) is 62.4 Å². The van der Waals surface area contributed by atoms with Crippen molar-refractivity contribution in [2.75, 3.05) is 13.2 Å². The lowest BCUT2D eigenvalue weighted by Gasteiger charge is -2.13. The van der Waals surface area contributed by atoms with Crippen LogP contribution in [0.3, 0.4) is 0 Å². The Labute approximate surface area is 189 Å². The van der Waals surface area contributed by atoms with Crippen LogP contribution in [-0.4, -0.2) is 33.6 Å². The number of fused-ring (bicyclic) bond motifs is 1. The van der Waals surface area contributed by atoms with E-state index in [1.807, 2.05) is 6.92 Å². The van der Waals surface area contributed by atoms with Gasteiger partial charge in [-0.3, -0.25) is 19.1 Å². The van der Waals surface area contributed by atoms with Crippen LogP contribution < -0.4 is 21.3 Å². The fraction of sp³-hybridized carbons (Fsp3) is 0.417. The predicted octanol–water partition coefficient (Wildman–Crippen LogP) is 3.10. The number of rotatable bonds is 10. The Morgan fingerprint density at radius 3 is 2.70 bits per heavy atom. The molecule has 4 rings (SSSR count). The lowest BCUT2D eigenvalue weighted by atomic mass is 10.1. The van der Waals surface area contributed by atoms with Crippen LogP contribution >= 0.6 is 0 Å². The van der Waals surface area contributed by atoms with Gasteiger partial charge in [0.15, 0.2) is 5.65 Å². The van der Waals surface area contributed by atoms with E-state index >= 15 is 0 Å². The molecule has 2 heterocycles. The molecule has 3 aromatic rings. The number of halogens is 1. The van der Waals surface area contributed by atoms with E-state index in [1.54, 1.807) is 18.2 Å². The molecule has 1 fully saturated rings. The Kier molecular flexibility index (Phi) is 6.86. The highest BCUT2D eigenvalue weighted by atomic mass is 19.1. The number of aromatic nitrogens is 3. The quantitative estimate of drug-likeness (QED) is 0.458. The largest absolute Gasteiger partial charge is 0.494 e. The minimum atomic E-state index is -0.602. The van der Waals surface area contributed by atoms with Crippen molar-refractivity contribution in [1.82, 2.24) is 19.9 Å². The standard InChI is InChI=1S/C24H27FN4O4/c1-2-12-29-21-20(23(31)28-24(29)32)18(14-19(27-21)15-5-6-15)22(30)26-11-3-4-13-33-17-9-7-16(25)8-10-17/h7-10,14-15H,2-6,11-13H2,1H3,(H,26,30)(H,28,31,32). The first-order chi connectivity index (χ1) is 16.0. The van der Waals surface area contributed by atoms with E-state index in [9.17, 15) is 18.8 Å². The Balaban J connectivity index is 1.46. The van der Waals surface area contributed by atoms with E-state index in [-0.39, 0.29) is 34.2 Å². The molecule has 2 N–H and O–H groups in total. The third-order valence-corrected chi connectivity index (χ3v) is 5.60. The van der Waals surface area contributed by atoms with Gasteiger partial charge in [0.25, 0.3) is 11.5 Å². The summed E-state index contributed by atoms with van der Waals surface area (Å²) < 4.78 is 19.9. The highest BCUT2D eigenvalue weighted by Gasteiger charge is 2.28. The zero-order chi connectivity index (χ0) is 23.4. The van der Waals surface area contributed by atoms with Crippen molar-refractivity contribution in [3.63, 3.8) is 0 Å². The number of ether oxygens (including phenoxy) is 1. The summed E-state index contributed by atoms with van der Waals surface area (Å²) in [4.78, 5) is 44.9. The van der Waals surface area contributed by atoms with Gasteiger partial charge in [-0.25, -0.2) is 14.2 Å². The molecule has 8 nitrogen and oxygen atoms in total. The van der Waals surface area contributed by atoms with Gasteiger partial charge in [-0.1, -0.05) is 6.92 Å². The maximum absolute atomic E-state index is 13.0. The zero-order valence-corrected chi connectivity index (χ0v) is 18.5. The number of hydrogen-bond acceptors (Lipinski definition) is 5. The van der Waals surface area contributed by atoms with E-state index in [0.29, 0.717) is 44.7 Å². The molecular formula is C24H27FN4O4. The number of carbonyl (C=O) groups excluding carboxylic acids is 1. The van der Waals surface area contributed by atoms with Crippen molar-refractivity contribution in [3.8, 4) is 5.75 Å². The summed E-state index contributed by atoms with van der Waals surface area (Å²) in [7, 11) is 0. The average Bonchev–Trinajstić information content (AvgIpc) is 3.64. The molecule has 0 saturated heterocycles. The van der Waals surface area contributed by atoms with Gasteiger partial charge < -0.3 is 10.1 Å². The van der Waals surface area contributed by atoms with Gasteiger partial charge in [0.1, 0.15) is 11.6 Å². The van der Waals surface area contributed by atoms with Gasteiger partial charge in [0.05, 0.1) is 17.6 Å². The number of aryl methyl sites for hydroxylation is 1. The van der Waals surface area contributed by atoms with E-state index in [2.05, 4.69) is 15.3 Å². The van der Waals surface area contributed by atoms with Crippen LogP contribution in [0.5, 0.6) is 5.75 Å². The SMILES string of the molecule is CCCn1c(=O)[nH]c(=O)c2c(C(=O)NCCCCOc3ccc(F)cc3)cc(C3CC3)nc21. The molecule has 0 aliphatic heterocycles. The molecule has 0 bridgehead atoms. The molecular weight excluding hydrogens is 427 g/mol. The van der Waals surface area contributed by atoms with Crippen LogP contribution in [0.4, 0.5) is 4.39 Å². The van der Waals surface area contributed by atoms with Crippen molar-refractivity contribution >= 4 is 16.9 Å². The maximum atomic E-state index is 13.0. The monoisotopic (exact) mass is 454 g/mol. The lowest BCUT2D eigenvalue weighted by molar-refractivity contribution is 0.0953. The van der Waals surface area contributed by atoms with Crippen molar-refractivity contribution in [3.05, 3.63) is 68.2 Å². The summed E-state index contributed by atoms with van der Waals surface area (Å²) in [5.41, 5.74) is 0.149. The minimum absolute atomic E-state index is 0.143. The van der Waals surface area contributed by atoms with E-state index in [0.717, 1.165) is 18.5 Å². The lowest BCUT2D eigenvalue weighted by Crippen LogP contribution is -2.33. The Morgan fingerprint density at radius 2 is 2.00 bits per heavy atom. The molecule has 0 spiro atoms. The maximum Gasteiger partial charge on any atom is 0.329 e. The van der Waals surface area contributed by atoms with Crippen LogP contribution in [-0.2, 0) is 6.54 Å². The number of benzene rings is 1. The molecule has 1 aliphatic carbocycles. The molecule has 1 aliphatic rings. The fourth-order valence-electron chi connectivity index (χ4n) is 3.74. The summed E-state index contributed by atoms with van der Waals surface area (Å²) in [5.74, 6) is 0.169. The van der Waals surface area contributed by atoms with E-state index < -0.39 is 11.2 Å². The van der Waals surface area contributed by atoms with Crippen LogP contribution in [0.2, 0.25) is 0 Å². The Hall–Kier alpha value is -3.49. The summed E-state index contributed by atoms with van der Waals surface area (Å²) in [6.07, 6.45) is 4.02. The third kappa shape index (κ3) is 5.30. The molecule has 1 amide bonds. The van der Waals surface area contributed by atoms with Gasteiger partial charge in [-0.15, -0.1) is 0 Å². The first kappa shape index (κ1) is 22.7. The normalized spacial score (nSPS) is 13.3. The highest BCUT2D eigenvalue weighted by molar-refractivity contribution is 6.05. The van der Waals surface area contributed by atoms with Gasteiger partial charge >= 0.3 is 5.69 Å². The molecule has 2 aromatic heterocycles. The smallest absolute Gasteiger partial charge is 0.329 e. The van der Waals surface area contributed by atoms with Crippen molar-refractivity contribution in [2.24, 2.45) is 0 Å². The molecule has 0 unspecified atom stereocenters. The van der Waals surface area contributed by atoms with Crippen molar-refractivity contribution in [1.29, 1.82) is 0 Å². The molecule has 0 atom stereocenters. The van der Waals surface area contributed by atoms with E-state index in [4.69, 9.17) is 4.74 Å². The first-order valence-corrected chi connectivity index (χ1v) is 11.3. The number of carbonyl (C=O) groups is 1. The molecule has 1 aromatic carbocycles. The van der Waals surface area contributed by atoms with Crippen molar-refractivity contribution < 1.29 is 13.9 Å². The van der Waals surface area contributed by atoms with Crippen LogP contribution in [0.25, 0.3) is 11.0 Å². The van der Waals surface area contributed by atoms with E-state index in [1.165, 1.54) is 16.7 Å². The van der Waals surface area contributed by atoms with Gasteiger partial charge in [-0.2, -0.15) is 0 Å². The summed E-state index contributed by atoms with van der Waals surface area (Å²) in [6, 6.07) is 7.50. The molecule has 174 valence electrons. The predicted molar refractivity (Wildman–Crippen MR) is 122 cm³/mol. The van der Waals surface area contributed by atoms with Crippen LogP contribution in [0.1, 0.15) is 61.0 Å². The number of nitrogens with one attached hydrogen (secondary N) is 2. The number of H-pyrrole nitrogens is 1. The highest BCUT2D eigenvalue weighted by Crippen LogP contribution is 2.39. The summed E-state index contributed by atoms with van der Waals surface area (Å²) >= 11 is 0. The molecule has 1 saturated carbocycles. The topological polar surface area (TPSA) is 106 Å².